The van der Waals surface area contributed by atoms with Gasteiger partial charge in [0.15, 0.2) is 0 Å². The molecule has 0 aliphatic heterocycles. The summed E-state index contributed by atoms with van der Waals surface area (Å²) in [7, 11) is 0. The minimum absolute atomic E-state index is 0.0579. The van der Waals surface area contributed by atoms with E-state index in [4.69, 9.17) is 10.8 Å². The molecule has 3 heteroatoms. The second-order valence-electron chi connectivity index (χ2n) is 3.93. The Morgan fingerprint density at radius 3 is 1.58 bits per heavy atom. The van der Waals surface area contributed by atoms with E-state index in [1.807, 2.05) is 27.7 Å². The molecular formula is C9H19NO2. The average Bonchev–Trinajstić information content (AvgIpc) is 1.85. The molecule has 0 aromatic carbocycles. The lowest BCUT2D eigenvalue weighted by molar-refractivity contribution is -0.140. The van der Waals surface area contributed by atoms with Crippen LogP contribution in [0.15, 0.2) is 0 Å². The number of aliphatic carboxylic acids is 1. The lowest BCUT2D eigenvalue weighted by atomic mass is 9.80. The summed E-state index contributed by atoms with van der Waals surface area (Å²) in [6.07, 6.45) is 0. The van der Waals surface area contributed by atoms with Gasteiger partial charge in [-0.25, -0.2) is 0 Å². The van der Waals surface area contributed by atoms with Gasteiger partial charge in [-0.1, -0.05) is 27.7 Å². The lowest BCUT2D eigenvalue weighted by Crippen LogP contribution is -2.42. The van der Waals surface area contributed by atoms with Crippen molar-refractivity contribution in [2.45, 2.75) is 33.7 Å². The fourth-order valence-corrected chi connectivity index (χ4v) is 1.76. The predicted molar refractivity (Wildman–Crippen MR) is 48.8 cm³/mol. The van der Waals surface area contributed by atoms with E-state index in [0.717, 1.165) is 0 Å². The van der Waals surface area contributed by atoms with Crippen molar-refractivity contribution in [2.24, 2.45) is 23.5 Å². The third-order valence-corrected chi connectivity index (χ3v) is 2.24. The van der Waals surface area contributed by atoms with E-state index in [1.165, 1.54) is 0 Å². The first kappa shape index (κ1) is 11.4. The quantitative estimate of drug-likeness (QED) is 0.674. The van der Waals surface area contributed by atoms with Gasteiger partial charge in [-0.05, 0) is 17.8 Å². The molecule has 3 N–H and O–H groups in total. The van der Waals surface area contributed by atoms with Crippen LogP contribution in [0.4, 0.5) is 0 Å². The van der Waals surface area contributed by atoms with Gasteiger partial charge in [0.25, 0.3) is 0 Å². The minimum Gasteiger partial charge on any atom is -0.480 e. The van der Waals surface area contributed by atoms with Gasteiger partial charge >= 0.3 is 5.97 Å². The Morgan fingerprint density at radius 2 is 1.50 bits per heavy atom. The van der Waals surface area contributed by atoms with Gasteiger partial charge < -0.3 is 10.8 Å². The molecule has 3 nitrogen and oxygen atoms in total. The number of carbonyl (C=O) groups is 1. The largest absolute Gasteiger partial charge is 0.480 e. The van der Waals surface area contributed by atoms with Gasteiger partial charge in [-0.2, -0.15) is 0 Å². The molecule has 1 atom stereocenters. The van der Waals surface area contributed by atoms with Crippen LogP contribution in [-0.4, -0.2) is 17.1 Å². The molecule has 0 amide bonds. The highest BCUT2D eigenvalue weighted by molar-refractivity contribution is 5.73. The van der Waals surface area contributed by atoms with E-state index in [0.29, 0.717) is 11.8 Å². The highest BCUT2D eigenvalue weighted by atomic mass is 16.4. The van der Waals surface area contributed by atoms with Crippen LogP contribution >= 0.6 is 0 Å². The summed E-state index contributed by atoms with van der Waals surface area (Å²) in [4.78, 5) is 10.6. The molecule has 0 heterocycles. The molecule has 0 aromatic heterocycles. The number of hydrogen-bond donors (Lipinski definition) is 2. The zero-order valence-corrected chi connectivity index (χ0v) is 8.24. The summed E-state index contributed by atoms with van der Waals surface area (Å²) in [5, 5.41) is 8.73. The van der Waals surface area contributed by atoms with Crippen LogP contribution in [-0.2, 0) is 4.79 Å². The molecule has 0 unspecified atom stereocenters. The van der Waals surface area contributed by atoms with Crippen molar-refractivity contribution in [3.05, 3.63) is 0 Å². The van der Waals surface area contributed by atoms with Crippen LogP contribution < -0.4 is 5.73 Å². The topological polar surface area (TPSA) is 63.3 Å². The standard InChI is InChI=1S/C9H19NO2/c1-5(2)7(6(3)4)8(10)9(11)12/h5-8H,10H2,1-4H3,(H,11,12)/t8-/m1/s1. The summed E-state index contributed by atoms with van der Waals surface area (Å²) in [5.41, 5.74) is 5.56. The zero-order valence-electron chi connectivity index (χ0n) is 8.24. The van der Waals surface area contributed by atoms with Crippen molar-refractivity contribution >= 4 is 5.97 Å². The number of nitrogens with two attached hydrogens (primary N) is 1. The van der Waals surface area contributed by atoms with E-state index in [9.17, 15) is 4.79 Å². The fraction of sp³-hybridized carbons (Fsp3) is 0.889. The highest BCUT2D eigenvalue weighted by Crippen LogP contribution is 2.23. The van der Waals surface area contributed by atoms with Crippen LogP contribution in [0.5, 0.6) is 0 Å². The molecule has 0 aliphatic rings. The Labute approximate surface area is 74.0 Å². The van der Waals surface area contributed by atoms with Crippen molar-refractivity contribution in [3.8, 4) is 0 Å². The molecule has 0 saturated carbocycles. The van der Waals surface area contributed by atoms with E-state index in [2.05, 4.69) is 0 Å². The van der Waals surface area contributed by atoms with Crippen LogP contribution in [0, 0.1) is 17.8 Å². The summed E-state index contributed by atoms with van der Waals surface area (Å²) >= 11 is 0. The van der Waals surface area contributed by atoms with Gasteiger partial charge in [0.05, 0.1) is 0 Å². The Bertz CT molecular complexity index is 147. The van der Waals surface area contributed by atoms with Crippen LogP contribution in [0.3, 0.4) is 0 Å². The first-order chi connectivity index (χ1) is 5.37. The predicted octanol–water partition coefficient (Wildman–Crippen LogP) is 1.33. The number of rotatable bonds is 4. The van der Waals surface area contributed by atoms with Crippen LogP contribution in [0.1, 0.15) is 27.7 Å². The third kappa shape index (κ3) is 2.81. The molecule has 0 aliphatic carbocycles. The Kier molecular flexibility index (Phi) is 4.24. The van der Waals surface area contributed by atoms with Gasteiger partial charge in [0, 0.05) is 0 Å². The van der Waals surface area contributed by atoms with Crippen molar-refractivity contribution in [1.29, 1.82) is 0 Å². The first-order valence-corrected chi connectivity index (χ1v) is 4.36. The molecule has 0 spiro atoms. The first-order valence-electron chi connectivity index (χ1n) is 4.36. The monoisotopic (exact) mass is 173 g/mol. The molecule has 0 radical (unpaired) electrons. The van der Waals surface area contributed by atoms with E-state index >= 15 is 0 Å². The molecular weight excluding hydrogens is 154 g/mol. The normalized spacial score (nSPS) is 14.3. The fourth-order valence-electron chi connectivity index (χ4n) is 1.76. The lowest BCUT2D eigenvalue weighted by Gasteiger charge is -2.27. The summed E-state index contributed by atoms with van der Waals surface area (Å²) in [6.45, 7) is 8.03. The number of hydrogen-bond acceptors (Lipinski definition) is 2. The van der Waals surface area contributed by atoms with Gasteiger partial charge in [0.2, 0.25) is 0 Å². The molecule has 12 heavy (non-hydrogen) atoms. The van der Waals surface area contributed by atoms with Crippen molar-refractivity contribution in [2.75, 3.05) is 0 Å². The maximum atomic E-state index is 10.6. The van der Waals surface area contributed by atoms with E-state index < -0.39 is 12.0 Å². The van der Waals surface area contributed by atoms with Gasteiger partial charge in [-0.15, -0.1) is 0 Å². The van der Waals surface area contributed by atoms with E-state index in [-0.39, 0.29) is 5.92 Å². The summed E-state index contributed by atoms with van der Waals surface area (Å²) in [5.74, 6) is -0.211. The van der Waals surface area contributed by atoms with Crippen LogP contribution in [0.2, 0.25) is 0 Å². The Balaban J connectivity index is 4.40. The second kappa shape index (κ2) is 4.45. The smallest absolute Gasteiger partial charge is 0.320 e. The van der Waals surface area contributed by atoms with Gasteiger partial charge in [-0.3, -0.25) is 4.79 Å². The molecule has 72 valence electrons. The molecule has 0 fully saturated rings. The van der Waals surface area contributed by atoms with Crippen molar-refractivity contribution in [1.82, 2.24) is 0 Å². The van der Waals surface area contributed by atoms with Crippen molar-refractivity contribution < 1.29 is 9.90 Å². The molecule has 0 saturated heterocycles. The second-order valence-corrected chi connectivity index (χ2v) is 3.93. The van der Waals surface area contributed by atoms with Crippen LogP contribution in [0.25, 0.3) is 0 Å². The maximum absolute atomic E-state index is 10.6. The maximum Gasteiger partial charge on any atom is 0.320 e. The number of carboxylic acids is 1. The molecule has 0 bridgehead atoms. The SMILES string of the molecule is CC(C)C(C(C)C)[C@@H](N)C(=O)O. The molecule has 0 aromatic rings. The van der Waals surface area contributed by atoms with Crippen molar-refractivity contribution in [3.63, 3.8) is 0 Å². The summed E-state index contributed by atoms with van der Waals surface area (Å²) < 4.78 is 0. The minimum atomic E-state index is -0.901. The average molecular weight is 173 g/mol. The molecule has 0 rings (SSSR count). The highest BCUT2D eigenvalue weighted by Gasteiger charge is 2.29. The zero-order chi connectivity index (χ0) is 9.89. The Morgan fingerprint density at radius 1 is 1.17 bits per heavy atom. The third-order valence-electron chi connectivity index (χ3n) is 2.24. The van der Waals surface area contributed by atoms with Gasteiger partial charge in [0.1, 0.15) is 6.04 Å². The number of carboxylic acid groups (broad SMARTS) is 1. The Hall–Kier alpha value is -0.570. The van der Waals surface area contributed by atoms with E-state index in [1.54, 1.807) is 0 Å². The summed E-state index contributed by atoms with van der Waals surface area (Å²) in [6, 6.07) is -0.731.